The molecule has 5 rings (SSSR count). The average Bonchev–Trinajstić information content (AvgIpc) is 3.39. The fraction of sp³-hybridized carbons (Fsp3) is 0.433. The van der Waals surface area contributed by atoms with Crippen molar-refractivity contribution in [1.29, 1.82) is 0 Å². The van der Waals surface area contributed by atoms with Gasteiger partial charge >= 0.3 is 0 Å². The van der Waals surface area contributed by atoms with Gasteiger partial charge in [0.2, 0.25) is 0 Å². The number of rotatable bonds is 7. The summed E-state index contributed by atoms with van der Waals surface area (Å²) in [6, 6.07) is 7.46. The zero-order valence-corrected chi connectivity index (χ0v) is 23.0. The Bertz CT molecular complexity index is 1480. The fourth-order valence-corrected chi connectivity index (χ4v) is 5.73. The molecule has 0 spiro atoms. The van der Waals surface area contributed by atoms with Crippen molar-refractivity contribution in [3.63, 3.8) is 0 Å². The molecule has 204 valence electrons. The monoisotopic (exact) mass is 532 g/mol. The van der Waals surface area contributed by atoms with Crippen LogP contribution in [0.2, 0.25) is 0 Å². The van der Waals surface area contributed by atoms with Crippen LogP contribution in [0.25, 0.3) is 22.6 Å². The van der Waals surface area contributed by atoms with Crippen LogP contribution >= 0.6 is 0 Å². The first kappa shape index (κ1) is 27.0. The van der Waals surface area contributed by atoms with Crippen molar-refractivity contribution in [3.8, 4) is 22.6 Å². The first-order chi connectivity index (χ1) is 18.6. The maximum absolute atomic E-state index is 14.6. The van der Waals surface area contributed by atoms with Gasteiger partial charge in [-0.05, 0) is 67.3 Å². The van der Waals surface area contributed by atoms with Crippen LogP contribution in [0, 0.1) is 17.0 Å². The Hall–Kier alpha value is -3.59. The van der Waals surface area contributed by atoms with Crippen molar-refractivity contribution in [1.82, 2.24) is 29.9 Å². The van der Waals surface area contributed by atoms with E-state index in [1.807, 2.05) is 19.2 Å². The van der Waals surface area contributed by atoms with Crippen LogP contribution in [0.1, 0.15) is 76.8 Å². The van der Waals surface area contributed by atoms with Crippen molar-refractivity contribution in [2.75, 3.05) is 0 Å². The molecule has 0 unspecified atom stereocenters. The molecule has 0 fully saturated rings. The normalized spacial score (nSPS) is 21.0. The number of aromatic nitrogens is 6. The predicted molar refractivity (Wildman–Crippen MR) is 145 cm³/mol. The van der Waals surface area contributed by atoms with Crippen LogP contribution in [0.3, 0.4) is 0 Å². The molecule has 39 heavy (non-hydrogen) atoms. The Balaban J connectivity index is 1.62. The highest BCUT2D eigenvalue weighted by Crippen LogP contribution is 2.56. The first-order valence-corrected chi connectivity index (χ1v) is 13.5. The largest absolute Gasteiger partial charge is 0.391 e. The summed E-state index contributed by atoms with van der Waals surface area (Å²) in [4.78, 5) is 9.54. The number of benzene rings is 1. The lowest BCUT2D eigenvalue weighted by Crippen LogP contribution is -2.47. The summed E-state index contributed by atoms with van der Waals surface area (Å²) in [5, 5.41) is 23.6. The summed E-state index contributed by atoms with van der Waals surface area (Å²) < 4.78 is 31.0. The molecule has 1 aliphatic rings. The maximum atomic E-state index is 14.6. The molecule has 0 saturated carbocycles. The van der Waals surface area contributed by atoms with E-state index in [-0.39, 0.29) is 22.6 Å². The molecular weight excluding hydrogens is 498 g/mol. The smallest absolute Gasteiger partial charge is 0.135 e. The maximum Gasteiger partial charge on any atom is 0.135 e. The van der Waals surface area contributed by atoms with Gasteiger partial charge in [-0.3, -0.25) is 9.67 Å². The molecule has 1 aromatic carbocycles. The number of nitrogens with zero attached hydrogens (tertiary/aromatic N) is 6. The van der Waals surface area contributed by atoms with E-state index in [9.17, 15) is 13.9 Å². The number of hydrogen-bond donors (Lipinski definition) is 1. The Labute approximate surface area is 227 Å². The molecule has 9 heteroatoms. The van der Waals surface area contributed by atoms with E-state index in [2.05, 4.69) is 48.0 Å². The van der Waals surface area contributed by atoms with Crippen LogP contribution < -0.4 is 0 Å². The summed E-state index contributed by atoms with van der Waals surface area (Å²) in [7, 11) is 0. The number of aliphatic hydroxyl groups is 1. The van der Waals surface area contributed by atoms with E-state index in [1.165, 1.54) is 18.2 Å². The highest BCUT2D eigenvalue weighted by molar-refractivity contribution is 5.62. The molecule has 0 bridgehead atoms. The van der Waals surface area contributed by atoms with Crippen molar-refractivity contribution >= 4 is 0 Å². The van der Waals surface area contributed by atoms with Gasteiger partial charge in [0.05, 0.1) is 46.9 Å². The summed E-state index contributed by atoms with van der Waals surface area (Å²) in [6.07, 6.45) is 7.11. The molecule has 3 heterocycles. The number of aliphatic hydroxyl groups excluding tert-OH is 1. The molecule has 1 N–H and O–H groups in total. The number of hydrogen-bond acceptors (Lipinski definition) is 6. The van der Waals surface area contributed by atoms with Gasteiger partial charge in [0.1, 0.15) is 23.0 Å². The van der Waals surface area contributed by atoms with Gasteiger partial charge in [-0.2, -0.15) is 10.2 Å². The molecule has 3 atom stereocenters. The lowest BCUT2D eigenvalue weighted by molar-refractivity contribution is 0.145. The van der Waals surface area contributed by atoms with Crippen molar-refractivity contribution in [2.45, 2.75) is 77.9 Å². The summed E-state index contributed by atoms with van der Waals surface area (Å²) in [5.74, 6) is -1.19. The second-order valence-corrected chi connectivity index (χ2v) is 11.2. The molecule has 3 aromatic heterocycles. The van der Waals surface area contributed by atoms with Gasteiger partial charge in [0, 0.05) is 12.4 Å². The number of halogens is 2. The molecule has 0 amide bonds. The highest BCUT2D eigenvalue weighted by Gasteiger charge is 2.52. The SMILES string of the molecule is CC[C@H](O)Cn1ccc(-c2cncc([C@@]3(C)c4nnc(-c5c(F)cccc5F)cc4[C@H](CC)CC3(C)C)n2)n1. The van der Waals surface area contributed by atoms with E-state index in [1.54, 1.807) is 23.1 Å². The zero-order valence-electron chi connectivity index (χ0n) is 23.0. The predicted octanol–water partition coefficient (Wildman–Crippen LogP) is 6.08. The van der Waals surface area contributed by atoms with Gasteiger partial charge in [-0.25, -0.2) is 13.8 Å². The first-order valence-electron chi connectivity index (χ1n) is 13.5. The Morgan fingerprint density at radius 1 is 1.03 bits per heavy atom. The minimum Gasteiger partial charge on any atom is -0.391 e. The topological polar surface area (TPSA) is 89.6 Å². The third kappa shape index (κ3) is 4.62. The van der Waals surface area contributed by atoms with E-state index >= 15 is 0 Å². The Kier molecular flexibility index (Phi) is 7.05. The average molecular weight is 533 g/mol. The van der Waals surface area contributed by atoms with Crippen LogP contribution in [0.4, 0.5) is 8.78 Å². The molecular formula is C30H34F2N6O. The Morgan fingerprint density at radius 3 is 2.46 bits per heavy atom. The molecule has 0 radical (unpaired) electrons. The third-order valence-corrected chi connectivity index (χ3v) is 8.48. The lowest BCUT2D eigenvalue weighted by Gasteiger charge is -2.50. The highest BCUT2D eigenvalue weighted by atomic mass is 19.1. The van der Waals surface area contributed by atoms with Gasteiger partial charge in [0.15, 0.2) is 0 Å². The van der Waals surface area contributed by atoms with Crippen molar-refractivity contribution in [2.24, 2.45) is 5.41 Å². The molecule has 0 saturated heterocycles. The lowest BCUT2D eigenvalue weighted by atomic mass is 9.54. The molecule has 4 aromatic rings. The minimum absolute atomic E-state index is 0.143. The second-order valence-electron chi connectivity index (χ2n) is 11.2. The zero-order chi connectivity index (χ0) is 27.9. The molecule has 1 aliphatic carbocycles. The standard InChI is InChI=1S/C30H34F2N6O/c1-6-18-14-29(3,4)30(5,28-20(18)13-24(35-36-28)27-21(31)9-8-10-22(27)32)26-16-33-15-25(34-26)23-11-12-38(37-23)17-19(39)7-2/h8-13,15-16,18-19,39H,6-7,14,17H2,1-5H3/t18-,19+,30+/m1/s1. The molecule has 7 nitrogen and oxygen atoms in total. The van der Waals surface area contributed by atoms with Gasteiger partial charge in [-0.1, -0.05) is 33.8 Å². The van der Waals surface area contributed by atoms with Crippen LogP contribution in [-0.4, -0.2) is 41.2 Å². The van der Waals surface area contributed by atoms with Gasteiger partial charge < -0.3 is 5.11 Å². The van der Waals surface area contributed by atoms with E-state index in [0.29, 0.717) is 24.4 Å². The van der Waals surface area contributed by atoms with Crippen molar-refractivity contribution in [3.05, 3.63) is 77.5 Å². The van der Waals surface area contributed by atoms with Gasteiger partial charge in [0.25, 0.3) is 0 Å². The minimum atomic E-state index is -0.683. The second kappa shape index (κ2) is 10.2. The van der Waals surface area contributed by atoms with E-state index < -0.39 is 23.2 Å². The Morgan fingerprint density at radius 2 is 1.77 bits per heavy atom. The van der Waals surface area contributed by atoms with Crippen LogP contribution in [0.15, 0.2) is 48.9 Å². The molecule has 0 aliphatic heterocycles. The summed E-state index contributed by atoms with van der Waals surface area (Å²) in [6.45, 7) is 10.9. The van der Waals surface area contributed by atoms with Crippen molar-refractivity contribution < 1.29 is 13.9 Å². The van der Waals surface area contributed by atoms with E-state index in [4.69, 9.17) is 4.98 Å². The fourth-order valence-electron chi connectivity index (χ4n) is 5.73. The number of fused-ring (bicyclic) bond motifs is 1. The summed E-state index contributed by atoms with van der Waals surface area (Å²) >= 11 is 0. The third-order valence-electron chi connectivity index (χ3n) is 8.48. The quantitative estimate of drug-likeness (QED) is 0.311. The van der Waals surface area contributed by atoms with Crippen LogP contribution in [-0.2, 0) is 12.0 Å². The van der Waals surface area contributed by atoms with E-state index in [0.717, 1.165) is 29.8 Å². The van der Waals surface area contributed by atoms with Crippen LogP contribution in [0.5, 0.6) is 0 Å². The van der Waals surface area contributed by atoms with Gasteiger partial charge in [-0.15, -0.1) is 5.10 Å². The summed E-state index contributed by atoms with van der Waals surface area (Å²) in [5.41, 5.74) is 2.73.